The van der Waals surface area contributed by atoms with Gasteiger partial charge in [0.15, 0.2) is 0 Å². The average Bonchev–Trinajstić information content (AvgIpc) is 0.854. The zero-order chi connectivity index (χ0) is 81.5. The van der Waals surface area contributed by atoms with Gasteiger partial charge in [-0.3, -0.25) is 77.1 Å². The van der Waals surface area contributed by atoms with E-state index < -0.39 is 198 Å². The van der Waals surface area contributed by atoms with Crippen molar-refractivity contribution in [1.29, 1.82) is 0 Å². The highest BCUT2D eigenvalue weighted by atomic mass is 16.6. The molecule has 3 amide bonds. The number of carbonyl (C=O) groups is 12. The van der Waals surface area contributed by atoms with Crippen LogP contribution >= 0.6 is 0 Å². The minimum absolute atomic E-state index is 0.0478. The molecule has 0 aliphatic heterocycles. The number of unbranched alkanes of at least 4 members (excludes halogenated alkanes) is 4. The highest BCUT2D eigenvalue weighted by Gasteiger charge is 2.39. The standard InChI is InChI=1S/C76H138N8O21/c1-68(2,3)97-58(87)46-82(47-59(88)98-69(4,5)6)53(65(94)103-74(19,20)21)37-29-33-41-78-56(85)44-81(45-57(86)79-42-34-30-38-54(66(95)104-75(22,23)24)83(48-60(89)99-70(7,8)9)49-61(90)100-71(10,11)12)52(36-28-32-40-77)64(93)80-43-35-31-39-55(67(96)105-76(25,26)27)84(50-62(91)101-72(13,14)15)51-63(92)102-73(16,17)18/h52-55H,28-51,77H2,1-27H3,(H,78,85)(H,79,86)(H,80,93). The molecule has 0 saturated heterocycles. The van der Waals surface area contributed by atoms with Gasteiger partial charge in [-0.25, -0.2) is 0 Å². The van der Waals surface area contributed by atoms with Crippen molar-refractivity contribution in [2.24, 2.45) is 5.73 Å². The van der Waals surface area contributed by atoms with Crippen LogP contribution in [0.15, 0.2) is 0 Å². The molecule has 5 N–H and O–H groups in total. The van der Waals surface area contributed by atoms with Crippen LogP contribution in [0.2, 0.25) is 0 Å². The van der Waals surface area contributed by atoms with Crippen molar-refractivity contribution in [1.82, 2.24) is 35.6 Å². The zero-order valence-electron chi connectivity index (χ0n) is 69.2. The smallest absolute Gasteiger partial charge is 0.323 e. The predicted molar refractivity (Wildman–Crippen MR) is 398 cm³/mol. The van der Waals surface area contributed by atoms with Crippen LogP contribution in [0.25, 0.3) is 0 Å². The van der Waals surface area contributed by atoms with Crippen LogP contribution in [0.4, 0.5) is 0 Å². The van der Waals surface area contributed by atoms with Gasteiger partial charge in [-0.05, 0) is 264 Å². The number of nitrogens with zero attached hydrogens (tertiary/aromatic N) is 4. The molecule has 0 aromatic heterocycles. The summed E-state index contributed by atoms with van der Waals surface area (Å²) < 4.78 is 51.1. The molecule has 0 spiro atoms. The van der Waals surface area contributed by atoms with Gasteiger partial charge in [0.2, 0.25) is 17.7 Å². The summed E-state index contributed by atoms with van der Waals surface area (Å²) in [5, 5.41) is 8.74. The van der Waals surface area contributed by atoms with E-state index in [4.69, 9.17) is 48.4 Å². The van der Waals surface area contributed by atoms with Gasteiger partial charge in [-0.2, -0.15) is 0 Å². The van der Waals surface area contributed by atoms with E-state index in [1.54, 1.807) is 187 Å². The fraction of sp³-hybridized carbons (Fsp3) is 0.842. The number of ether oxygens (including phenoxy) is 9. The predicted octanol–water partition coefficient (Wildman–Crippen LogP) is 7.73. The topological polar surface area (TPSA) is 363 Å². The second-order valence-electron chi connectivity index (χ2n) is 35.6. The van der Waals surface area contributed by atoms with E-state index in [-0.39, 0.29) is 90.4 Å². The van der Waals surface area contributed by atoms with Crippen LogP contribution in [-0.2, 0) is 100 Å². The highest BCUT2D eigenvalue weighted by Crippen LogP contribution is 2.24. The van der Waals surface area contributed by atoms with Crippen molar-refractivity contribution in [3.8, 4) is 0 Å². The average molecular weight is 1500 g/mol. The van der Waals surface area contributed by atoms with E-state index in [9.17, 15) is 57.5 Å². The molecule has 4 unspecified atom stereocenters. The Hall–Kier alpha value is -6.56. The van der Waals surface area contributed by atoms with Crippen molar-refractivity contribution < 1.29 is 100 Å². The number of carbonyl (C=O) groups excluding carboxylic acids is 12. The minimum Gasteiger partial charge on any atom is -0.459 e. The maximum Gasteiger partial charge on any atom is 0.323 e. The van der Waals surface area contributed by atoms with E-state index in [1.807, 2.05) is 0 Å². The van der Waals surface area contributed by atoms with E-state index in [2.05, 4.69) is 16.0 Å². The molecule has 0 saturated carbocycles. The third kappa shape index (κ3) is 51.4. The van der Waals surface area contributed by atoms with Crippen molar-refractivity contribution in [3.05, 3.63) is 0 Å². The van der Waals surface area contributed by atoms with Crippen molar-refractivity contribution in [2.45, 2.75) is 339 Å². The number of nitrogens with two attached hydrogens (primary N) is 1. The maximum absolute atomic E-state index is 14.7. The van der Waals surface area contributed by atoms with Crippen LogP contribution in [-0.4, -0.2) is 244 Å². The molecule has 29 heteroatoms. The monoisotopic (exact) mass is 1500 g/mol. The van der Waals surface area contributed by atoms with Gasteiger partial charge in [-0.15, -0.1) is 0 Å². The Morgan fingerprint density at radius 3 is 0.657 bits per heavy atom. The maximum atomic E-state index is 14.7. The van der Waals surface area contributed by atoms with Gasteiger partial charge < -0.3 is 64.3 Å². The van der Waals surface area contributed by atoms with Crippen LogP contribution < -0.4 is 21.7 Å². The zero-order valence-corrected chi connectivity index (χ0v) is 69.2. The largest absolute Gasteiger partial charge is 0.459 e. The van der Waals surface area contributed by atoms with Crippen LogP contribution in [0.1, 0.15) is 264 Å². The van der Waals surface area contributed by atoms with Crippen LogP contribution in [0, 0.1) is 0 Å². The molecule has 608 valence electrons. The first-order valence-corrected chi connectivity index (χ1v) is 37.0. The SMILES string of the molecule is CC(C)(C)OC(=O)CN(CC(=O)OC(C)(C)C)C(CCCCNC(=O)CN(CC(=O)NCCCCC(C(=O)OC(C)(C)C)N(CC(=O)OC(C)(C)C)CC(=O)OC(C)(C)C)C(CCCCN)C(=O)NCCCCC(C(=O)OC(C)(C)C)N(CC(=O)OC(C)(C)C)CC(=O)OC(C)(C)C)C(=O)OC(C)(C)C. The van der Waals surface area contributed by atoms with Gasteiger partial charge >= 0.3 is 53.7 Å². The van der Waals surface area contributed by atoms with Crippen LogP contribution in [0.3, 0.4) is 0 Å². The summed E-state index contributed by atoms with van der Waals surface area (Å²) in [5.74, 6) is -7.90. The summed E-state index contributed by atoms with van der Waals surface area (Å²) in [6.07, 6.45) is 2.90. The van der Waals surface area contributed by atoms with E-state index >= 15 is 0 Å². The lowest BCUT2D eigenvalue weighted by molar-refractivity contribution is -0.171. The Kier molecular flexibility index (Phi) is 41.3. The van der Waals surface area contributed by atoms with Gasteiger partial charge in [-0.1, -0.05) is 6.42 Å². The highest BCUT2D eigenvalue weighted by molar-refractivity contribution is 5.87. The summed E-state index contributed by atoms with van der Waals surface area (Å²) in [6, 6.07) is -4.50. The molecular formula is C76H138N8O21. The fourth-order valence-electron chi connectivity index (χ4n) is 10.4. The van der Waals surface area contributed by atoms with Crippen molar-refractivity contribution in [3.63, 3.8) is 0 Å². The van der Waals surface area contributed by atoms with Crippen molar-refractivity contribution in [2.75, 3.05) is 78.5 Å². The summed E-state index contributed by atoms with van der Waals surface area (Å²) in [7, 11) is 0. The molecule has 0 fully saturated rings. The molecule has 29 nitrogen and oxygen atoms in total. The number of rotatable bonds is 43. The first kappa shape index (κ1) is 98.4. The summed E-state index contributed by atoms with van der Waals surface area (Å²) in [6.45, 7) is 42.4. The molecule has 0 aliphatic rings. The second kappa shape index (κ2) is 44.0. The van der Waals surface area contributed by atoms with Gasteiger partial charge in [0, 0.05) is 19.6 Å². The molecule has 0 bridgehead atoms. The molecule has 0 aliphatic carbocycles. The van der Waals surface area contributed by atoms with Crippen molar-refractivity contribution >= 4 is 71.4 Å². The molecular weight excluding hydrogens is 1360 g/mol. The lowest BCUT2D eigenvalue weighted by Gasteiger charge is -2.33. The molecule has 0 aromatic carbocycles. The Bertz CT molecular complexity index is 2570. The first-order valence-electron chi connectivity index (χ1n) is 37.0. The first-order chi connectivity index (χ1) is 47.5. The van der Waals surface area contributed by atoms with Crippen LogP contribution in [0.5, 0.6) is 0 Å². The minimum atomic E-state index is -1.14. The van der Waals surface area contributed by atoms with Gasteiger partial charge in [0.1, 0.15) is 68.5 Å². The molecule has 0 rings (SSSR count). The second-order valence-corrected chi connectivity index (χ2v) is 35.6. The Balaban J connectivity index is 7.43. The number of amides is 3. The third-order valence-electron chi connectivity index (χ3n) is 13.9. The van der Waals surface area contributed by atoms with Gasteiger partial charge in [0.25, 0.3) is 0 Å². The molecule has 105 heavy (non-hydrogen) atoms. The number of hydrogen-bond acceptors (Lipinski definition) is 26. The Morgan fingerprint density at radius 1 is 0.257 bits per heavy atom. The third-order valence-corrected chi connectivity index (χ3v) is 13.9. The molecule has 0 heterocycles. The summed E-state index contributed by atoms with van der Waals surface area (Å²) >= 11 is 0. The van der Waals surface area contributed by atoms with Gasteiger partial charge in [0.05, 0.1) is 58.4 Å². The van der Waals surface area contributed by atoms with E-state index in [0.717, 1.165) is 0 Å². The van der Waals surface area contributed by atoms with E-state index in [1.165, 1.54) is 19.6 Å². The molecule has 4 atom stereocenters. The number of hydrogen-bond donors (Lipinski definition) is 4. The lowest BCUT2D eigenvalue weighted by Crippen LogP contribution is -2.53. The Labute approximate surface area is 627 Å². The normalized spacial score (nSPS) is 13.9. The fourth-order valence-corrected chi connectivity index (χ4v) is 10.4. The summed E-state index contributed by atoms with van der Waals surface area (Å²) in [4.78, 5) is 171. The quantitative estimate of drug-likeness (QED) is 0.0257. The molecule has 0 radical (unpaired) electrons. The summed E-state index contributed by atoms with van der Waals surface area (Å²) in [5.41, 5.74) is -2.21. The van der Waals surface area contributed by atoms with E-state index in [0.29, 0.717) is 12.8 Å². The number of esters is 9. The molecule has 0 aromatic rings. The lowest BCUT2D eigenvalue weighted by atomic mass is 10.0. The number of nitrogens with one attached hydrogen (secondary N) is 3. The Morgan fingerprint density at radius 2 is 0.448 bits per heavy atom.